The normalized spacial score (nSPS) is 20.4. The number of nitrogens with zero attached hydrogens (tertiary/aromatic N) is 6. The summed E-state index contributed by atoms with van der Waals surface area (Å²) >= 11 is 0. The Labute approximate surface area is 261 Å². The van der Waals surface area contributed by atoms with Crippen LogP contribution in [0, 0.1) is 0 Å². The minimum atomic E-state index is -4.68. The lowest BCUT2D eigenvalue weighted by atomic mass is 10.0. The van der Waals surface area contributed by atoms with Gasteiger partial charge in [0.05, 0.1) is 32.6 Å². The number of hydroxylamine groups is 1. The molecule has 4 heterocycles. The minimum absolute atomic E-state index is 0.0145. The molecule has 13 heteroatoms. The van der Waals surface area contributed by atoms with E-state index in [4.69, 9.17) is 14.3 Å². The van der Waals surface area contributed by atoms with Crippen LogP contribution in [0.25, 0.3) is 0 Å². The Morgan fingerprint density at radius 3 is 2.42 bits per heavy atom. The van der Waals surface area contributed by atoms with Crippen LogP contribution in [0.5, 0.6) is 11.5 Å². The van der Waals surface area contributed by atoms with Crippen molar-refractivity contribution < 1.29 is 27.5 Å². The lowest BCUT2D eigenvalue weighted by molar-refractivity contribution is -0.138. The lowest BCUT2D eigenvalue weighted by Gasteiger charge is -2.42. The molecule has 3 fully saturated rings. The molecule has 3 aliphatic rings. The van der Waals surface area contributed by atoms with Gasteiger partial charge in [-0.3, -0.25) is 9.74 Å². The highest BCUT2D eigenvalue weighted by Gasteiger charge is 2.41. The van der Waals surface area contributed by atoms with E-state index in [1.54, 1.807) is 32.4 Å². The monoisotopic (exact) mass is 627 g/mol. The second kappa shape index (κ2) is 13.3. The van der Waals surface area contributed by atoms with Gasteiger partial charge in [-0.1, -0.05) is 12.1 Å². The number of hydrogen-bond acceptors (Lipinski definition) is 10. The molecule has 1 atom stereocenters. The number of hydrogen-bond donors (Lipinski definition) is 1. The summed E-state index contributed by atoms with van der Waals surface area (Å²) in [5.41, 5.74) is 1.37. The van der Waals surface area contributed by atoms with E-state index < -0.39 is 17.8 Å². The van der Waals surface area contributed by atoms with Crippen LogP contribution < -0.4 is 24.8 Å². The standard InChI is InChI=1S/C32H40F3N7O3/c1-39-14-16-40(17-15-39)24-9-12-41(13-10-24)28-8-7-23(20-29(28)44-3)37-31-36-21-26(32(33,34)35)30(38-31)42-27(11-18-45-42)22-5-4-6-25(19-22)43-2/h4-8,19-21,24,27H,9-18H2,1-3H3,(H,36,37,38). The zero-order chi connectivity index (χ0) is 31.6. The number of alkyl halides is 3. The largest absolute Gasteiger partial charge is 0.497 e. The van der Waals surface area contributed by atoms with Crippen molar-refractivity contribution in [1.29, 1.82) is 0 Å². The molecule has 3 aromatic rings. The molecular weight excluding hydrogens is 587 g/mol. The maximum absolute atomic E-state index is 14.1. The number of methoxy groups -OCH3 is 2. The Bertz CT molecular complexity index is 1460. The Hall–Kier alpha value is -3.81. The number of ether oxygens (including phenoxy) is 2. The number of benzene rings is 2. The number of halogens is 3. The third-order valence-electron chi connectivity index (χ3n) is 8.96. The fourth-order valence-corrected chi connectivity index (χ4v) is 6.44. The summed E-state index contributed by atoms with van der Waals surface area (Å²) in [7, 11) is 5.34. The zero-order valence-corrected chi connectivity index (χ0v) is 25.9. The van der Waals surface area contributed by atoms with E-state index in [0.29, 0.717) is 29.6 Å². The Balaban J connectivity index is 1.20. The maximum Gasteiger partial charge on any atom is 0.421 e. The lowest BCUT2D eigenvalue weighted by Crippen LogP contribution is -2.52. The van der Waals surface area contributed by atoms with E-state index >= 15 is 0 Å². The van der Waals surface area contributed by atoms with Crippen molar-refractivity contribution in [3.63, 3.8) is 0 Å². The van der Waals surface area contributed by atoms with Crippen LogP contribution >= 0.6 is 0 Å². The van der Waals surface area contributed by atoms with Crippen molar-refractivity contribution in [2.24, 2.45) is 0 Å². The summed E-state index contributed by atoms with van der Waals surface area (Å²) in [6.07, 6.45) is -1.22. The molecule has 3 saturated heterocycles. The van der Waals surface area contributed by atoms with Crippen LogP contribution in [0.1, 0.15) is 36.4 Å². The minimum Gasteiger partial charge on any atom is -0.497 e. The first-order valence-electron chi connectivity index (χ1n) is 15.4. The molecule has 0 spiro atoms. The Morgan fingerprint density at radius 2 is 1.71 bits per heavy atom. The summed E-state index contributed by atoms with van der Waals surface area (Å²) in [5.74, 6) is 0.946. The first kappa shape index (κ1) is 31.2. The van der Waals surface area contributed by atoms with Gasteiger partial charge in [-0.15, -0.1) is 0 Å². The molecule has 0 radical (unpaired) electrons. The van der Waals surface area contributed by atoms with E-state index in [2.05, 4.69) is 37.0 Å². The molecule has 0 saturated carbocycles. The van der Waals surface area contributed by atoms with Gasteiger partial charge in [0.2, 0.25) is 5.95 Å². The van der Waals surface area contributed by atoms with Gasteiger partial charge in [0.15, 0.2) is 5.82 Å². The molecule has 45 heavy (non-hydrogen) atoms. The number of piperazine rings is 1. The van der Waals surface area contributed by atoms with E-state index in [0.717, 1.165) is 69.6 Å². The fraction of sp³-hybridized carbons (Fsp3) is 0.500. The van der Waals surface area contributed by atoms with E-state index in [-0.39, 0.29) is 18.4 Å². The Morgan fingerprint density at radius 1 is 0.933 bits per heavy atom. The van der Waals surface area contributed by atoms with Crippen molar-refractivity contribution in [2.75, 3.05) is 82.4 Å². The van der Waals surface area contributed by atoms with Crippen LogP contribution in [-0.4, -0.2) is 93.0 Å². The van der Waals surface area contributed by atoms with Crippen molar-refractivity contribution in [3.05, 3.63) is 59.8 Å². The van der Waals surface area contributed by atoms with E-state index in [1.807, 2.05) is 24.3 Å². The Kier molecular flexibility index (Phi) is 9.20. The molecule has 1 N–H and O–H groups in total. The summed E-state index contributed by atoms with van der Waals surface area (Å²) in [5, 5.41) is 4.31. The predicted octanol–water partition coefficient (Wildman–Crippen LogP) is 5.36. The van der Waals surface area contributed by atoms with Crippen LogP contribution in [0.2, 0.25) is 0 Å². The van der Waals surface area contributed by atoms with Crippen LogP contribution in [0.4, 0.5) is 36.3 Å². The third kappa shape index (κ3) is 6.90. The molecule has 2 aromatic carbocycles. The highest BCUT2D eigenvalue weighted by Crippen LogP contribution is 2.42. The van der Waals surface area contributed by atoms with Crippen molar-refractivity contribution >= 4 is 23.1 Å². The summed E-state index contributed by atoms with van der Waals surface area (Å²) < 4.78 is 53.5. The highest BCUT2D eigenvalue weighted by atomic mass is 19.4. The number of rotatable bonds is 8. The number of aromatic nitrogens is 2. The molecule has 1 unspecified atom stereocenters. The third-order valence-corrected chi connectivity index (χ3v) is 8.96. The molecule has 0 aliphatic carbocycles. The summed E-state index contributed by atoms with van der Waals surface area (Å²) in [6.45, 7) is 6.55. The number of anilines is 4. The fourth-order valence-electron chi connectivity index (χ4n) is 6.44. The SMILES string of the molecule is COc1cccc(C2CCON2c2nc(Nc3ccc(N4CCC(N5CCN(C)CC5)CC4)c(OC)c3)ncc2C(F)(F)F)c1. The van der Waals surface area contributed by atoms with Gasteiger partial charge in [0.1, 0.15) is 17.1 Å². The van der Waals surface area contributed by atoms with Gasteiger partial charge in [0, 0.05) is 69.7 Å². The average molecular weight is 628 g/mol. The average Bonchev–Trinajstić information content (AvgIpc) is 3.55. The van der Waals surface area contributed by atoms with Gasteiger partial charge in [-0.2, -0.15) is 18.2 Å². The van der Waals surface area contributed by atoms with Gasteiger partial charge in [0.25, 0.3) is 0 Å². The number of likely N-dealkylation sites (N-methyl/N-ethyl adjacent to an activating group) is 1. The first-order chi connectivity index (χ1) is 21.7. The maximum atomic E-state index is 14.1. The quantitative estimate of drug-likeness (QED) is 0.353. The number of nitrogens with one attached hydrogen (secondary N) is 1. The smallest absolute Gasteiger partial charge is 0.421 e. The van der Waals surface area contributed by atoms with Crippen LogP contribution in [-0.2, 0) is 11.0 Å². The number of piperidine rings is 1. The van der Waals surface area contributed by atoms with Gasteiger partial charge in [-0.25, -0.2) is 10.0 Å². The molecule has 242 valence electrons. The second-order valence-corrected chi connectivity index (χ2v) is 11.7. The summed E-state index contributed by atoms with van der Waals surface area (Å²) in [6, 6.07) is 13.0. The van der Waals surface area contributed by atoms with Gasteiger partial charge < -0.3 is 24.6 Å². The topological polar surface area (TPSA) is 78.5 Å². The molecule has 0 bridgehead atoms. The van der Waals surface area contributed by atoms with Crippen molar-refractivity contribution in [1.82, 2.24) is 19.8 Å². The van der Waals surface area contributed by atoms with E-state index in [1.165, 1.54) is 5.06 Å². The van der Waals surface area contributed by atoms with Crippen molar-refractivity contribution in [2.45, 2.75) is 37.5 Å². The molecule has 3 aliphatic heterocycles. The van der Waals surface area contributed by atoms with Gasteiger partial charge in [-0.05, 0) is 49.7 Å². The molecular formula is C32H40F3N7O3. The van der Waals surface area contributed by atoms with Crippen molar-refractivity contribution in [3.8, 4) is 11.5 Å². The summed E-state index contributed by atoms with van der Waals surface area (Å²) in [4.78, 5) is 21.4. The molecule has 10 nitrogen and oxygen atoms in total. The molecule has 0 amide bonds. The predicted molar refractivity (Wildman–Crippen MR) is 166 cm³/mol. The first-order valence-corrected chi connectivity index (χ1v) is 15.4. The molecule has 1 aromatic heterocycles. The zero-order valence-electron chi connectivity index (χ0n) is 25.9. The highest BCUT2D eigenvalue weighted by molar-refractivity contribution is 5.68. The molecule has 6 rings (SSSR count). The second-order valence-electron chi connectivity index (χ2n) is 11.7. The van der Waals surface area contributed by atoms with Crippen LogP contribution in [0.3, 0.4) is 0 Å². The van der Waals surface area contributed by atoms with Crippen LogP contribution in [0.15, 0.2) is 48.7 Å². The van der Waals surface area contributed by atoms with E-state index in [9.17, 15) is 13.2 Å². The van der Waals surface area contributed by atoms with Gasteiger partial charge >= 0.3 is 6.18 Å².